The average Bonchev–Trinajstić information content (AvgIpc) is 2.91. The highest BCUT2D eigenvalue weighted by atomic mass is 16.4. The van der Waals surface area contributed by atoms with Gasteiger partial charge in [-0.1, -0.05) is 30.3 Å². The summed E-state index contributed by atoms with van der Waals surface area (Å²) in [6, 6.07) is 10.0. The monoisotopic (exact) mass is 352 g/mol. The molecule has 0 aliphatic carbocycles. The molecular formula is C19H20N4O3. The molecule has 0 aliphatic rings. The molecule has 134 valence electrons. The van der Waals surface area contributed by atoms with E-state index in [2.05, 4.69) is 15.4 Å². The Morgan fingerprint density at radius 2 is 1.88 bits per heavy atom. The minimum absolute atomic E-state index is 0.200. The Kier molecular flexibility index (Phi) is 4.71. The Hall–Kier alpha value is -3.22. The third kappa shape index (κ3) is 3.42. The molecule has 2 aromatic heterocycles. The predicted molar refractivity (Wildman–Crippen MR) is 96.2 cm³/mol. The van der Waals surface area contributed by atoms with Crippen LogP contribution < -0.4 is 5.32 Å². The van der Waals surface area contributed by atoms with Gasteiger partial charge >= 0.3 is 5.97 Å². The molecule has 1 amide bonds. The number of nitrogens with one attached hydrogen (secondary N) is 1. The third-order valence-electron chi connectivity index (χ3n) is 4.18. The molecule has 2 heterocycles. The molecule has 1 unspecified atom stereocenters. The lowest BCUT2D eigenvalue weighted by molar-refractivity contribution is -0.139. The number of carboxylic acids is 1. The number of hydrogen-bond donors (Lipinski definition) is 2. The Balaban J connectivity index is 1.92. The maximum Gasteiger partial charge on any atom is 0.326 e. The van der Waals surface area contributed by atoms with Gasteiger partial charge in [0.25, 0.3) is 5.91 Å². The van der Waals surface area contributed by atoms with Crippen molar-refractivity contribution in [1.29, 1.82) is 0 Å². The minimum Gasteiger partial charge on any atom is -0.480 e. The van der Waals surface area contributed by atoms with Gasteiger partial charge in [-0.15, -0.1) is 0 Å². The fourth-order valence-electron chi connectivity index (χ4n) is 2.97. The zero-order valence-electron chi connectivity index (χ0n) is 14.9. The van der Waals surface area contributed by atoms with Crippen molar-refractivity contribution in [1.82, 2.24) is 19.9 Å². The molecule has 0 aliphatic heterocycles. The van der Waals surface area contributed by atoms with Crippen molar-refractivity contribution in [3.05, 3.63) is 64.6 Å². The second kappa shape index (κ2) is 6.95. The zero-order valence-corrected chi connectivity index (χ0v) is 14.9. The van der Waals surface area contributed by atoms with E-state index in [0.717, 1.165) is 17.0 Å². The van der Waals surface area contributed by atoms with Gasteiger partial charge in [-0.2, -0.15) is 5.10 Å². The van der Waals surface area contributed by atoms with Crippen LogP contribution in [0.4, 0.5) is 0 Å². The summed E-state index contributed by atoms with van der Waals surface area (Å²) >= 11 is 0. The van der Waals surface area contributed by atoms with Gasteiger partial charge in [0.05, 0.1) is 5.69 Å². The third-order valence-corrected chi connectivity index (χ3v) is 4.18. The molecule has 26 heavy (non-hydrogen) atoms. The molecule has 3 aromatic rings. The van der Waals surface area contributed by atoms with Crippen LogP contribution in [0.2, 0.25) is 0 Å². The van der Waals surface area contributed by atoms with Crippen molar-refractivity contribution in [3.8, 4) is 0 Å². The number of carboxylic acid groups (broad SMARTS) is 1. The molecule has 0 bridgehead atoms. The first-order chi connectivity index (χ1) is 12.4. The fourth-order valence-corrected chi connectivity index (χ4v) is 2.97. The van der Waals surface area contributed by atoms with Gasteiger partial charge in [0, 0.05) is 17.8 Å². The van der Waals surface area contributed by atoms with E-state index >= 15 is 0 Å². The highest BCUT2D eigenvalue weighted by molar-refractivity contribution is 6.02. The number of carbonyl (C=O) groups excluding carboxylic acids is 1. The summed E-state index contributed by atoms with van der Waals surface area (Å²) < 4.78 is 1.60. The first-order valence-electron chi connectivity index (χ1n) is 8.28. The van der Waals surface area contributed by atoms with Crippen molar-refractivity contribution in [3.63, 3.8) is 0 Å². The van der Waals surface area contributed by atoms with E-state index in [1.165, 1.54) is 0 Å². The van der Waals surface area contributed by atoms with E-state index in [-0.39, 0.29) is 6.42 Å². The summed E-state index contributed by atoms with van der Waals surface area (Å²) in [5.74, 6) is -1.57. The van der Waals surface area contributed by atoms with E-state index in [0.29, 0.717) is 16.9 Å². The average molecular weight is 352 g/mol. The molecule has 0 saturated carbocycles. The second-order valence-electron chi connectivity index (χ2n) is 6.29. The molecule has 0 spiro atoms. The molecule has 7 nitrogen and oxygen atoms in total. The van der Waals surface area contributed by atoms with Crippen molar-refractivity contribution in [2.24, 2.45) is 0 Å². The maximum absolute atomic E-state index is 12.8. The van der Waals surface area contributed by atoms with Crippen molar-refractivity contribution in [2.45, 2.75) is 33.2 Å². The molecule has 0 fully saturated rings. The summed E-state index contributed by atoms with van der Waals surface area (Å²) in [6.45, 7) is 5.43. The lowest BCUT2D eigenvalue weighted by atomic mass is 10.1. The summed E-state index contributed by atoms with van der Waals surface area (Å²) in [7, 11) is 0. The van der Waals surface area contributed by atoms with E-state index in [4.69, 9.17) is 0 Å². The highest BCUT2D eigenvalue weighted by Gasteiger charge is 2.25. The van der Waals surface area contributed by atoms with Gasteiger partial charge in [0.15, 0.2) is 5.65 Å². The summed E-state index contributed by atoms with van der Waals surface area (Å²) in [5, 5.41) is 16.5. The Morgan fingerprint density at radius 3 is 2.54 bits per heavy atom. The van der Waals surface area contributed by atoms with Crippen molar-refractivity contribution in [2.75, 3.05) is 0 Å². The Labute approximate surface area is 150 Å². The Bertz CT molecular complexity index is 979. The van der Waals surface area contributed by atoms with Gasteiger partial charge in [-0.25, -0.2) is 14.3 Å². The van der Waals surface area contributed by atoms with Gasteiger partial charge < -0.3 is 10.4 Å². The number of aliphatic carboxylic acids is 1. The molecule has 0 radical (unpaired) electrons. The van der Waals surface area contributed by atoms with Crippen LogP contribution in [0.5, 0.6) is 0 Å². The lowest BCUT2D eigenvalue weighted by Crippen LogP contribution is -2.42. The van der Waals surface area contributed by atoms with Gasteiger partial charge in [0.2, 0.25) is 0 Å². The van der Waals surface area contributed by atoms with Crippen LogP contribution in [0.1, 0.15) is 33.0 Å². The normalized spacial score (nSPS) is 12.1. The number of aromatic nitrogens is 3. The lowest BCUT2D eigenvalue weighted by Gasteiger charge is -2.14. The molecule has 1 aromatic carbocycles. The standard InChI is InChI=1S/C19H20N4O3/c1-11-9-12(2)23-17(20-11)16(13(3)22-23)18(24)21-15(19(25)26)10-14-7-5-4-6-8-14/h4-9,15H,10H2,1-3H3,(H,21,24)(H,25,26). The van der Waals surface area contributed by atoms with Crippen LogP contribution in [-0.2, 0) is 11.2 Å². The topological polar surface area (TPSA) is 96.6 Å². The van der Waals surface area contributed by atoms with Crippen LogP contribution in [0.25, 0.3) is 5.65 Å². The molecule has 0 saturated heterocycles. The molecule has 7 heteroatoms. The Morgan fingerprint density at radius 1 is 1.19 bits per heavy atom. The number of carbonyl (C=O) groups is 2. The number of rotatable bonds is 5. The maximum atomic E-state index is 12.8. The van der Waals surface area contributed by atoms with Gasteiger partial charge in [0.1, 0.15) is 11.6 Å². The number of amides is 1. The molecule has 1 atom stereocenters. The fraction of sp³-hybridized carbons (Fsp3) is 0.263. The van der Waals surface area contributed by atoms with Gasteiger partial charge in [-0.05, 0) is 32.4 Å². The van der Waals surface area contributed by atoms with Crippen LogP contribution in [0.15, 0.2) is 36.4 Å². The van der Waals surface area contributed by atoms with Crippen molar-refractivity contribution >= 4 is 17.5 Å². The molecular weight excluding hydrogens is 332 g/mol. The van der Waals surface area contributed by atoms with Crippen LogP contribution in [0.3, 0.4) is 0 Å². The smallest absolute Gasteiger partial charge is 0.326 e. The summed E-state index contributed by atoms with van der Waals surface area (Å²) in [5.41, 5.74) is 3.70. The van der Waals surface area contributed by atoms with Crippen LogP contribution in [0, 0.1) is 20.8 Å². The zero-order chi connectivity index (χ0) is 18.8. The quantitative estimate of drug-likeness (QED) is 0.733. The summed E-state index contributed by atoms with van der Waals surface area (Å²) in [4.78, 5) is 28.8. The van der Waals surface area contributed by atoms with E-state index in [9.17, 15) is 14.7 Å². The SMILES string of the molecule is Cc1cc(C)n2nc(C)c(C(=O)NC(Cc3ccccc3)C(=O)O)c2n1. The predicted octanol–water partition coefficient (Wildman–Crippen LogP) is 2.08. The molecule has 3 rings (SSSR count). The number of nitrogens with zero attached hydrogens (tertiary/aromatic N) is 3. The van der Waals surface area contributed by atoms with Crippen LogP contribution in [-0.4, -0.2) is 37.6 Å². The number of hydrogen-bond acceptors (Lipinski definition) is 4. The largest absolute Gasteiger partial charge is 0.480 e. The van der Waals surface area contributed by atoms with Crippen LogP contribution >= 0.6 is 0 Å². The second-order valence-corrected chi connectivity index (χ2v) is 6.29. The number of benzene rings is 1. The first kappa shape index (κ1) is 17.6. The van der Waals surface area contributed by atoms with Crippen molar-refractivity contribution < 1.29 is 14.7 Å². The number of fused-ring (bicyclic) bond motifs is 1. The number of aryl methyl sites for hydroxylation is 3. The van der Waals surface area contributed by atoms with E-state index < -0.39 is 17.9 Å². The summed E-state index contributed by atoms with van der Waals surface area (Å²) in [6.07, 6.45) is 0.200. The minimum atomic E-state index is -1.09. The first-order valence-corrected chi connectivity index (χ1v) is 8.28. The van der Waals surface area contributed by atoms with E-state index in [1.54, 1.807) is 11.4 Å². The van der Waals surface area contributed by atoms with E-state index in [1.807, 2.05) is 50.2 Å². The van der Waals surface area contributed by atoms with Gasteiger partial charge in [-0.3, -0.25) is 4.79 Å². The highest BCUT2D eigenvalue weighted by Crippen LogP contribution is 2.16. The molecule has 2 N–H and O–H groups in total.